The number of fused-ring (bicyclic) bond motifs is 1. The van der Waals surface area contributed by atoms with Crippen LogP contribution in [-0.2, 0) is 12.8 Å². The summed E-state index contributed by atoms with van der Waals surface area (Å²) in [6.07, 6.45) is 2.72. The van der Waals surface area contributed by atoms with Gasteiger partial charge in [-0.3, -0.25) is 10.1 Å². The minimum Gasteiger partial charge on any atom is -0.496 e. The maximum atomic E-state index is 12.1. The molecule has 3 rings (SSSR count). The molecular weight excluding hydrogens is 294 g/mol. The first-order chi connectivity index (χ1) is 9.65. The van der Waals surface area contributed by atoms with Gasteiger partial charge in [-0.2, -0.15) is 0 Å². The van der Waals surface area contributed by atoms with Gasteiger partial charge in [0.05, 0.1) is 17.7 Å². The molecule has 0 bridgehead atoms. The lowest BCUT2D eigenvalue weighted by molar-refractivity contribution is 0.103. The molecule has 0 radical (unpaired) electrons. The number of rotatable bonds is 3. The van der Waals surface area contributed by atoms with Gasteiger partial charge in [0.25, 0.3) is 5.91 Å². The molecule has 1 atom stereocenters. The van der Waals surface area contributed by atoms with Crippen LogP contribution in [0.4, 0.5) is 5.13 Å². The number of aromatic nitrogens is 1. The number of methoxy groups -OCH3 is 1. The maximum absolute atomic E-state index is 12.1. The molecule has 0 fully saturated rings. The molecule has 7 heteroatoms. The van der Waals surface area contributed by atoms with Crippen molar-refractivity contribution in [2.75, 3.05) is 12.4 Å². The van der Waals surface area contributed by atoms with Crippen molar-refractivity contribution in [3.63, 3.8) is 0 Å². The second-order valence-electron chi connectivity index (χ2n) is 4.70. The van der Waals surface area contributed by atoms with E-state index in [0.29, 0.717) is 15.8 Å². The van der Waals surface area contributed by atoms with Crippen molar-refractivity contribution in [1.29, 1.82) is 0 Å². The number of amides is 1. The van der Waals surface area contributed by atoms with Gasteiger partial charge in [-0.05, 0) is 19.3 Å². The second-order valence-corrected chi connectivity index (χ2v) is 6.69. The molecule has 5 nitrogen and oxygen atoms in total. The minimum absolute atomic E-state index is 0.145. The molecule has 0 saturated carbocycles. The van der Waals surface area contributed by atoms with Crippen molar-refractivity contribution >= 4 is 33.7 Å². The molecule has 0 unspecified atom stereocenters. The molecule has 0 saturated heterocycles. The maximum Gasteiger partial charge on any atom is 0.267 e. The van der Waals surface area contributed by atoms with Crippen LogP contribution in [0.15, 0.2) is 11.4 Å². The molecule has 2 aromatic heterocycles. The van der Waals surface area contributed by atoms with Crippen LogP contribution in [0.2, 0.25) is 0 Å². The Balaban J connectivity index is 1.73. The van der Waals surface area contributed by atoms with Gasteiger partial charge < -0.3 is 10.5 Å². The summed E-state index contributed by atoms with van der Waals surface area (Å²) in [6, 6.07) is 1.94. The summed E-state index contributed by atoms with van der Waals surface area (Å²) < 4.78 is 5.08. The molecule has 2 aromatic rings. The van der Waals surface area contributed by atoms with Gasteiger partial charge in [0.15, 0.2) is 5.13 Å². The Morgan fingerprint density at radius 1 is 1.60 bits per heavy atom. The van der Waals surface area contributed by atoms with Crippen LogP contribution in [0.5, 0.6) is 5.75 Å². The number of anilines is 1. The van der Waals surface area contributed by atoms with Crippen LogP contribution >= 0.6 is 22.7 Å². The Bertz CT molecular complexity index is 635. The average molecular weight is 309 g/mol. The van der Waals surface area contributed by atoms with Gasteiger partial charge in [0, 0.05) is 22.4 Å². The van der Waals surface area contributed by atoms with Crippen LogP contribution < -0.4 is 15.8 Å². The zero-order valence-electron chi connectivity index (χ0n) is 11.0. The molecule has 1 aliphatic rings. The van der Waals surface area contributed by atoms with Crippen LogP contribution in [0, 0.1) is 0 Å². The third-order valence-electron chi connectivity index (χ3n) is 3.23. The Labute approximate surface area is 124 Å². The van der Waals surface area contributed by atoms with Gasteiger partial charge in [-0.15, -0.1) is 22.7 Å². The lowest BCUT2D eigenvalue weighted by atomic mass is 9.99. The highest BCUT2D eigenvalue weighted by Gasteiger charge is 2.21. The van der Waals surface area contributed by atoms with Crippen molar-refractivity contribution in [2.45, 2.75) is 25.3 Å². The topological polar surface area (TPSA) is 77.2 Å². The molecule has 0 aromatic carbocycles. The molecule has 106 valence electrons. The minimum atomic E-state index is -0.145. The molecule has 1 aliphatic carbocycles. The average Bonchev–Trinajstić information content (AvgIpc) is 3.03. The summed E-state index contributed by atoms with van der Waals surface area (Å²) in [5, 5.41) is 5.31. The number of thiazole rings is 1. The van der Waals surface area contributed by atoms with E-state index in [0.717, 1.165) is 25.0 Å². The summed E-state index contributed by atoms with van der Waals surface area (Å²) >= 11 is 2.88. The molecule has 20 heavy (non-hydrogen) atoms. The van der Waals surface area contributed by atoms with Crippen molar-refractivity contribution in [3.8, 4) is 5.75 Å². The Morgan fingerprint density at radius 3 is 3.20 bits per heavy atom. The predicted molar refractivity (Wildman–Crippen MR) is 80.9 cm³/mol. The smallest absolute Gasteiger partial charge is 0.267 e. The SMILES string of the molecule is COc1csc(C(=O)Nc2nc3c(s2)C[C@@H](N)CC3)c1. The van der Waals surface area contributed by atoms with Gasteiger partial charge >= 0.3 is 0 Å². The number of ether oxygens (including phenoxy) is 1. The Morgan fingerprint density at radius 2 is 2.45 bits per heavy atom. The number of hydrogen-bond acceptors (Lipinski definition) is 6. The molecule has 0 spiro atoms. The first-order valence-electron chi connectivity index (χ1n) is 6.33. The standard InChI is InChI=1S/C13H15N3O2S2/c1-18-8-5-11(19-6-8)12(17)16-13-15-9-3-2-7(14)4-10(9)20-13/h5-7H,2-4,14H2,1H3,(H,15,16,17)/t7-/m0/s1. The quantitative estimate of drug-likeness (QED) is 0.912. The zero-order valence-corrected chi connectivity index (χ0v) is 12.6. The number of thiophene rings is 1. The van der Waals surface area contributed by atoms with E-state index in [9.17, 15) is 4.79 Å². The third kappa shape index (κ3) is 2.70. The van der Waals surface area contributed by atoms with Gasteiger partial charge in [-0.1, -0.05) is 0 Å². The van der Waals surface area contributed by atoms with Crippen LogP contribution in [-0.4, -0.2) is 24.0 Å². The van der Waals surface area contributed by atoms with E-state index in [1.165, 1.54) is 27.6 Å². The third-order valence-corrected chi connectivity index (χ3v) is 5.18. The second kappa shape index (κ2) is 5.51. The van der Waals surface area contributed by atoms with Gasteiger partial charge in [-0.25, -0.2) is 4.98 Å². The lowest BCUT2D eigenvalue weighted by Gasteiger charge is -2.15. The molecule has 1 amide bonds. The van der Waals surface area contributed by atoms with E-state index in [2.05, 4.69) is 10.3 Å². The van der Waals surface area contributed by atoms with Crippen molar-refractivity contribution in [3.05, 3.63) is 26.9 Å². The highest BCUT2D eigenvalue weighted by Crippen LogP contribution is 2.30. The lowest BCUT2D eigenvalue weighted by Crippen LogP contribution is -2.26. The van der Waals surface area contributed by atoms with Crippen molar-refractivity contribution in [2.24, 2.45) is 5.73 Å². The summed E-state index contributed by atoms with van der Waals surface area (Å²) in [5.74, 6) is 0.554. The largest absolute Gasteiger partial charge is 0.496 e. The molecular formula is C13H15N3O2S2. The van der Waals surface area contributed by atoms with E-state index in [1.54, 1.807) is 18.6 Å². The van der Waals surface area contributed by atoms with Gasteiger partial charge in [0.1, 0.15) is 5.75 Å². The van der Waals surface area contributed by atoms with E-state index >= 15 is 0 Å². The van der Waals surface area contributed by atoms with Crippen LogP contribution in [0.25, 0.3) is 0 Å². The number of nitrogens with zero attached hydrogens (tertiary/aromatic N) is 1. The Hall–Kier alpha value is -1.44. The normalized spacial score (nSPS) is 17.6. The van der Waals surface area contributed by atoms with Crippen molar-refractivity contribution < 1.29 is 9.53 Å². The highest BCUT2D eigenvalue weighted by atomic mass is 32.1. The van der Waals surface area contributed by atoms with Gasteiger partial charge in [0.2, 0.25) is 0 Å². The number of aryl methyl sites for hydroxylation is 1. The summed E-state index contributed by atoms with van der Waals surface area (Å²) in [6.45, 7) is 0. The van der Waals surface area contributed by atoms with E-state index in [4.69, 9.17) is 10.5 Å². The molecule has 3 N–H and O–H groups in total. The monoisotopic (exact) mass is 309 g/mol. The summed E-state index contributed by atoms with van der Waals surface area (Å²) in [5.41, 5.74) is 7.03. The van der Waals surface area contributed by atoms with Crippen molar-refractivity contribution in [1.82, 2.24) is 4.98 Å². The number of nitrogens with two attached hydrogens (primary N) is 1. The Kier molecular flexibility index (Phi) is 3.73. The summed E-state index contributed by atoms with van der Waals surface area (Å²) in [4.78, 5) is 18.4. The number of carbonyl (C=O) groups is 1. The summed E-state index contributed by atoms with van der Waals surface area (Å²) in [7, 11) is 1.59. The highest BCUT2D eigenvalue weighted by molar-refractivity contribution is 7.16. The fourth-order valence-corrected chi connectivity index (χ4v) is 4.00. The molecule has 0 aliphatic heterocycles. The number of nitrogens with one attached hydrogen (secondary N) is 1. The van der Waals surface area contributed by atoms with E-state index in [-0.39, 0.29) is 11.9 Å². The van der Waals surface area contributed by atoms with Crippen LogP contribution in [0.1, 0.15) is 26.7 Å². The van der Waals surface area contributed by atoms with Crippen LogP contribution in [0.3, 0.4) is 0 Å². The predicted octanol–water partition coefficient (Wildman–Crippen LogP) is 2.28. The number of carbonyl (C=O) groups excluding carboxylic acids is 1. The number of hydrogen-bond donors (Lipinski definition) is 2. The molecule has 2 heterocycles. The first kappa shape index (κ1) is 13.5. The first-order valence-corrected chi connectivity index (χ1v) is 8.03. The van der Waals surface area contributed by atoms with E-state index < -0.39 is 0 Å². The fourth-order valence-electron chi connectivity index (χ4n) is 2.16. The van der Waals surface area contributed by atoms with E-state index in [1.807, 2.05) is 0 Å². The zero-order chi connectivity index (χ0) is 14.1. The fraction of sp³-hybridized carbons (Fsp3) is 0.385.